The topological polar surface area (TPSA) is 65.6 Å². The van der Waals surface area contributed by atoms with Gasteiger partial charge in [-0.25, -0.2) is 0 Å². The predicted molar refractivity (Wildman–Crippen MR) is 152 cm³/mol. The van der Waals surface area contributed by atoms with Crippen molar-refractivity contribution in [3.63, 3.8) is 0 Å². The van der Waals surface area contributed by atoms with Crippen molar-refractivity contribution in [3.8, 4) is 5.75 Å². The summed E-state index contributed by atoms with van der Waals surface area (Å²) in [6.07, 6.45) is 4.54. The number of fused-ring (bicyclic) bond motifs is 1. The second-order valence-corrected chi connectivity index (χ2v) is 9.45. The van der Waals surface area contributed by atoms with E-state index in [1.165, 1.54) is 10.9 Å². The van der Waals surface area contributed by atoms with Crippen molar-refractivity contribution in [3.05, 3.63) is 102 Å². The number of hydrogen-bond acceptors (Lipinski definition) is 3. The molecule has 198 valence electrons. The largest absolute Gasteiger partial charge is 0.494 e. The first kappa shape index (κ1) is 27.0. The number of nitrogens with zero attached hydrogens (tertiary/aromatic N) is 2. The van der Waals surface area contributed by atoms with Crippen LogP contribution in [0.4, 0.5) is 0 Å². The molecule has 0 unspecified atom stereocenters. The highest BCUT2D eigenvalue weighted by Gasteiger charge is 2.22. The number of H-pyrrole nitrogens is 1. The van der Waals surface area contributed by atoms with Gasteiger partial charge in [-0.05, 0) is 61.2 Å². The van der Waals surface area contributed by atoms with Crippen molar-refractivity contribution in [2.24, 2.45) is 0 Å². The number of amides is 2. The number of ether oxygens (including phenoxy) is 1. The Balaban J connectivity index is 1.53. The van der Waals surface area contributed by atoms with E-state index in [1.807, 2.05) is 72.6 Å². The number of benzene rings is 3. The standard InChI is InChI=1S/C32H37N3O3/c1-3-5-20-35(32(37)26-11-7-6-8-12-26)24-31(36)34(23-25-15-17-28(18-16-25)38-4-2)21-19-27-22-33-30-14-10-9-13-29(27)30/h6-18,22,33H,3-5,19-21,23-24H2,1-2H3. The number of aromatic amines is 1. The van der Waals surface area contributed by atoms with Crippen LogP contribution in [0.1, 0.15) is 48.2 Å². The quantitative estimate of drug-likeness (QED) is 0.237. The van der Waals surface area contributed by atoms with E-state index in [2.05, 4.69) is 24.0 Å². The van der Waals surface area contributed by atoms with Crippen molar-refractivity contribution < 1.29 is 14.3 Å². The molecule has 1 heterocycles. The number of unbranched alkanes of at least 4 members (excludes halogenated alkanes) is 1. The second-order valence-electron chi connectivity index (χ2n) is 9.45. The SMILES string of the molecule is CCCCN(CC(=O)N(CCc1c[nH]c2ccccc12)Cc1ccc(OCC)cc1)C(=O)c1ccccc1. The van der Waals surface area contributed by atoms with Gasteiger partial charge in [0.15, 0.2) is 0 Å². The minimum atomic E-state index is -0.106. The monoisotopic (exact) mass is 511 g/mol. The van der Waals surface area contributed by atoms with Crippen LogP contribution in [0.25, 0.3) is 10.9 Å². The van der Waals surface area contributed by atoms with Gasteiger partial charge in [0.2, 0.25) is 5.91 Å². The average molecular weight is 512 g/mol. The van der Waals surface area contributed by atoms with Crippen LogP contribution in [0.5, 0.6) is 5.75 Å². The zero-order valence-electron chi connectivity index (χ0n) is 22.4. The Kier molecular flexibility index (Phi) is 9.57. The Labute approximate surface area is 225 Å². The summed E-state index contributed by atoms with van der Waals surface area (Å²) in [5.74, 6) is 0.649. The minimum Gasteiger partial charge on any atom is -0.494 e. The molecule has 6 nitrogen and oxygen atoms in total. The lowest BCUT2D eigenvalue weighted by Crippen LogP contribution is -2.43. The van der Waals surface area contributed by atoms with Gasteiger partial charge in [-0.2, -0.15) is 0 Å². The molecule has 38 heavy (non-hydrogen) atoms. The molecular formula is C32H37N3O3. The molecule has 1 aromatic heterocycles. The fraction of sp³-hybridized carbons (Fsp3) is 0.312. The van der Waals surface area contributed by atoms with Crippen LogP contribution in [0.15, 0.2) is 85.1 Å². The van der Waals surface area contributed by atoms with E-state index in [1.54, 1.807) is 17.0 Å². The molecule has 0 aliphatic heterocycles. The molecule has 4 aromatic rings. The highest BCUT2D eigenvalue weighted by Crippen LogP contribution is 2.20. The molecule has 6 heteroatoms. The second kappa shape index (κ2) is 13.5. The number of carbonyl (C=O) groups is 2. The lowest BCUT2D eigenvalue weighted by Gasteiger charge is -2.28. The summed E-state index contributed by atoms with van der Waals surface area (Å²) >= 11 is 0. The summed E-state index contributed by atoms with van der Waals surface area (Å²) < 4.78 is 5.58. The fourth-order valence-corrected chi connectivity index (χ4v) is 4.59. The zero-order chi connectivity index (χ0) is 26.7. The number of nitrogens with one attached hydrogen (secondary N) is 1. The number of hydrogen-bond donors (Lipinski definition) is 1. The van der Waals surface area contributed by atoms with Crippen molar-refractivity contribution in [2.75, 3.05) is 26.2 Å². The third-order valence-electron chi connectivity index (χ3n) is 6.70. The molecule has 0 aliphatic carbocycles. The Morgan fingerprint density at radius 1 is 0.842 bits per heavy atom. The third-order valence-corrected chi connectivity index (χ3v) is 6.70. The predicted octanol–water partition coefficient (Wildman–Crippen LogP) is 6.08. The third kappa shape index (κ3) is 7.03. The van der Waals surface area contributed by atoms with E-state index in [9.17, 15) is 9.59 Å². The normalized spacial score (nSPS) is 10.9. The Bertz CT molecular complexity index is 1310. The maximum atomic E-state index is 13.7. The summed E-state index contributed by atoms with van der Waals surface area (Å²) in [6.45, 7) is 6.28. The van der Waals surface area contributed by atoms with Gasteiger partial charge in [-0.15, -0.1) is 0 Å². The van der Waals surface area contributed by atoms with Crippen molar-refractivity contribution in [1.82, 2.24) is 14.8 Å². The van der Waals surface area contributed by atoms with Gasteiger partial charge in [-0.3, -0.25) is 9.59 Å². The van der Waals surface area contributed by atoms with Crippen LogP contribution in [-0.2, 0) is 17.8 Å². The zero-order valence-corrected chi connectivity index (χ0v) is 22.4. The van der Waals surface area contributed by atoms with Gasteiger partial charge >= 0.3 is 0 Å². The smallest absolute Gasteiger partial charge is 0.254 e. The average Bonchev–Trinajstić information content (AvgIpc) is 3.37. The molecule has 0 radical (unpaired) electrons. The molecular weight excluding hydrogens is 474 g/mol. The van der Waals surface area contributed by atoms with Crippen molar-refractivity contribution in [2.45, 2.75) is 39.7 Å². The first-order chi connectivity index (χ1) is 18.6. The van der Waals surface area contributed by atoms with Crippen LogP contribution < -0.4 is 4.74 Å². The van der Waals surface area contributed by atoms with E-state index in [-0.39, 0.29) is 18.4 Å². The molecule has 1 N–H and O–H groups in total. The van der Waals surface area contributed by atoms with E-state index < -0.39 is 0 Å². The van der Waals surface area contributed by atoms with Gasteiger partial charge in [0.1, 0.15) is 12.3 Å². The molecule has 0 saturated carbocycles. The lowest BCUT2D eigenvalue weighted by molar-refractivity contribution is -0.132. The first-order valence-electron chi connectivity index (χ1n) is 13.5. The molecule has 0 fully saturated rings. The van der Waals surface area contributed by atoms with Crippen LogP contribution in [0.3, 0.4) is 0 Å². The van der Waals surface area contributed by atoms with Crippen LogP contribution in [0.2, 0.25) is 0 Å². The molecule has 2 amide bonds. The highest BCUT2D eigenvalue weighted by atomic mass is 16.5. The Morgan fingerprint density at radius 2 is 1.58 bits per heavy atom. The van der Waals surface area contributed by atoms with Gasteiger partial charge < -0.3 is 19.5 Å². The van der Waals surface area contributed by atoms with E-state index in [4.69, 9.17) is 4.74 Å². The maximum Gasteiger partial charge on any atom is 0.254 e. The summed E-state index contributed by atoms with van der Waals surface area (Å²) in [5, 5.41) is 1.17. The van der Waals surface area contributed by atoms with Crippen LogP contribution >= 0.6 is 0 Å². The highest BCUT2D eigenvalue weighted by molar-refractivity contribution is 5.96. The van der Waals surface area contributed by atoms with Gasteiger partial charge in [0, 0.05) is 42.3 Å². The van der Waals surface area contributed by atoms with Crippen molar-refractivity contribution >= 4 is 22.7 Å². The summed E-state index contributed by atoms with van der Waals surface area (Å²) in [7, 11) is 0. The molecule has 0 atom stereocenters. The summed E-state index contributed by atoms with van der Waals surface area (Å²) in [5.41, 5.74) is 3.89. The first-order valence-corrected chi connectivity index (χ1v) is 13.5. The van der Waals surface area contributed by atoms with Gasteiger partial charge in [0.05, 0.1) is 6.61 Å². The maximum absolute atomic E-state index is 13.7. The fourth-order valence-electron chi connectivity index (χ4n) is 4.59. The van der Waals surface area contributed by atoms with E-state index in [0.29, 0.717) is 38.2 Å². The molecule has 0 bridgehead atoms. The van der Waals surface area contributed by atoms with Gasteiger partial charge in [-0.1, -0.05) is 61.9 Å². The van der Waals surface area contributed by atoms with Crippen LogP contribution in [-0.4, -0.2) is 52.8 Å². The molecule has 0 spiro atoms. The van der Waals surface area contributed by atoms with Crippen molar-refractivity contribution in [1.29, 1.82) is 0 Å². The molecule has 3 aromatic carbocycles. The van der Waals surface area contributed by atoms with E-state index in [0.717, 1.165) is 29.7 Å². The molecule has 0 saturated heterocycles. The minimum absolute atomic E-state index is 0.0542. The number of carbonyl (C=O) groups excluding carboxylic acids is 2. The van der Waals surface area contributed by atoms with Gasteiger partial charge in [0.25, 0.3) is 5.91 Å². The Morgan fingerprint density at radius 3 is 2.32 bits per heavy atom. The summed E-state index contributed by atoms with van der Waals surface area (Å²) in [4.78, 5) is 33.9. The lowest BCUT2D eigenvalue weighted by atomic mass is 10.1. The summed E-state index contributed by atoms with van der Waals surface area (Å²) in [6, 6.07) is 25.3. The number of aromatic nitrogens is 1. The van der Waals surface area contributed by atoms with E-state index >= 15 is 0 Å². The number of para-hydroxylation sites is 1. The Hall–Kier alpha value is -4.06. The molecule has 4 rings (SSSR count). The molecule has 0 aliphatic rings. The van der Waals surface area contributed by atoms with Crippen LogP contribution in [0, 0.1) is 0 Å². The number of rotatable bonds is 13.